The van der Waals surface area contributed by atoms with Crippen molar-refractivity contribution >= 4 is 23.3 Å². The Kier molecular flexibility index (Phi) is 6.56. The summed E-state index contributed by atoms with van der Waals surface area (Å²) in [5.41, 5.74) is 0.984. The lowest BCUT2D eigenvalue weighted by Gasteiger charge is -2.22. The molecule has 0 bridgehead atoms. The van der Waals surface area contributed by atoms with Gasteiger partial charge in [-0.3, -0.25) is 4.79 Å². The van der Waals surface area contributed by atoms with Gasteiger partial charge in [-0.1, -0.05) is 23.8 Å². The molecule has 2 atom stereocenters. The fraction of sp³-hybridized carbons (Fsp3) is 0.350. The number of nitrogens with zero attached hydrogens (tertiary/aromatic N) is 1. The van der Waals surface area contributed by atoms with Crippen LogP contribution < -0.4 is 10.9 Å². The van der Waals surface area contributed by atoms with Gasteiger partial charge >= 0.3 is 5.97 Å². The lowest BCUT2D eigenvalue weighted by molar-refractivity contribution is 0.0519. The number of halogens is 1. The van der Waals surface area contributed by atoms with E-state index in [1.807, 2.05) is 12.2 Å². The maximum atomic E-state index is 12.5. The lowest BCUT2D eigenvalue weighted by atomic mass is 9.94. The normalized spacial score (nSPS) is 17.0. The highest BCUT2D eigenvalue weighted by molar-refractivity contribution is 6.31. The van der Waals surface area contributed by atoms with E-state index in [1.165, 1.54) is 6.20 Å². The molecule has 4 N–H and O–H groups in total. The summed E-state index contributed by atoms with van der Waals surface area (Å²) in [6, 6.07) is 1.68. The number of H-pyrrole nitrogens is 2. The highest BCUT2D eigenvalue weighted by Crippen LogP contribution is 2.25. The number of aliphatic hydroxyl groups excluding tert-OH is 1. The topological polar surface area (TPSA) is 120 Å². The van der Waals surface area contributed by atoms with Crippen LogP contribution >= 0.6 is 11.6 Å². The summed E-state index contributed by atoms with van der Waals surface area (Å²) >= 11 is 6.01. The Balaban J connectivity index is 1.83. The number of allylic oxidation sites excluding steroid dienone is 3. The number of aromatic nitrogens is 3. The highest BCUT2D eigenvalue weighted by Gasteiger charge is 2.22. The number of aliphatic hydroxyl groups is 1. The first-order chi connectivity index (χ1) is 13.9. The van der Waals surface area contributed by atoms with Gasteiger partial charge in [-0.15, -0.1) is 0 Å². The first-order valence-corrected chi connectivity index (χ1v) is 9.70. The highest BCUT2D eigenvalue weighted by atomic mass is 35.5. The fourth-order valence-electron chi connectivity index (χ4n) is 3.14. The van der Waals surface area contributed by atoms with Crippen LogP contribution in [0.15, 0.2) is 40.3 Å². The van der Waals surface area contributed by atoms with Crippen molar-refractivity contribution in [2.24, 2.45) is 5.92 Å². The lowest BCUT2D eigenvalue weighted by Crippen LogP contribution is -2.28. The molecule has 0 saturated carbocycles. The molecule has 154 valence electrons. The van der Waals surface area contributed by atoms with Gasteiger partial charge in [0.1, 0.15) is 11.4 Å². The number of anilines is 1. The van der Waals surface area contributed by atoms with Gasteiger partial charge in [-0.05, 0) is 32.4 Å². The molecule has 1 unspecified atom stereocenters. The number of carbonyl (C=O) groups is 1. The smallest absolute Gasteiger partial charge is 0.358 e. The third kappa shape index (κ3) is 4.78. The predicted molar refractivity (Wildman–Crippen MR) is 111 cm³/mol. The van der Waals surface area contributed by atoms with Crippen LogP contribution in [0.1, 0.15) is 29.5 Å². The number of pyridine rings is 1. The number of hydrogen-bond donors (Lipinski definition) is 4. The fourth-order valence-corrected chi connectivity index (χ4v) is 3.39. The molecule has 0 aliphatic heterocycles. The third-order valence-corrected chi connectivity index (χ3v) is 4.86. The Bertz CT molecular complexity index is 1010. The number of aryl methyl sites for hydroxylation is 1. The average Bonchev–Trinajstić information content (AvgIpc) is 3.07. The van der Waals surface area contributed by atoms with Crippen LogP contribution in [-0.2, 0) is 4.74 Å². The number of carbonyl (C=O) groups excluding carboxylic acids is 1. The molecule has 1 aliphatic carbocycles. The molecule has 0 saturated heterocycles. The van der Waals surface area contributed by atoms with Crippen molar-refractivity contribution in [2.75, 3.05) is 18.5 Å². The van der Waals surface area contributed by atoms with Gasteiger partial charge in [0.15, 0.2) is 5.69 Å². The minimum atomic E-state index is -0.700. The Morgan fingerprint density at radius 3 is 3.03 bits per heavy atom. The molecular formula is C20H23ClN4O4. The molecule has 29 heavy (non-hydrogen) atoms. The SMILES string of the molecule is CCOC(=O)c1nc(-c2c(NC[C@@H](O)C3C=C(Cl)C=CC3)cc[nH]c2=O)[nH]c1C. The second kappa shape index (κ2) is 9.11. The van der Waals surface area contributed by atoms with E-state index in [0.29, 0.717) is 22.8 Å². The zero-order chi connectivity index (χ0) is 21.0. The van der Waals surface area contributed by atoms with E-state index >= 15 is 0 Å². The van der Waals surface area contributed by atoms with E-state index in [0.717, 1.165) is 0 Å². The average molecular weight is 419 g/mol. The van der Waals surface area contributed by atoms with Crippen LogP contribution in [0.5, 0.6) is 0 Å². The van der Waals surface area contributed by atoms with Gasteiger partial charge in [0.2, 0.25) is 0 Å². The molecule has 2 heterocycles. The van der Waals surface area contributed by atoms with Crippen LogP contribution in [0.2, 0.25) is 0 Å². The van der Waals surface area contributed by atoms with Crippen molar-refractivity contribution in [1.82, 2.24) is 15.0 Å². The zero-order valence-corrected chi connectivity index (χ0v) is 16.9. The Morgan fingerprint density at radius 2 is 2.31 bits per heavy atom. The number of rotatable bonds is 7. The molecule has 1 aliphatic rings. The summed E-state index contributed by atoms with van der Waals surface area (Å²) < 4.78 is 5.00. The standard InChI is InChI=1S/C20H23ClN4O4/c1-3-29-20(28)17-11(2)24-18(25-17)16-14(7-8-22-19(16)27)23-10-15(26)12-5-4-6-13(21)9-12/h4,6-9,12,15,26H,3,5,10H2,1-2H3,(H,24,25)(H2,22,23,27)/t12?,15-/m1/s1. The van der Waals surface area contributed by atoms with Gasteiger partial charge in [0.25, 0.3) is 5.56 Å². The molecule has 0 aromatic carbocycles. The zero-order valence-electron chi connectivity index (χ0n) is 16.2. The van der Waals surface area contributed by atoms with Crippen LogP contribution in [-0.4, -0.2) is 45.3 Å². The van der Waals surface area contributed by atoms with Gasteiger partial charge in [0, 0.05) is 29.4 Å². The first kappa shape index (κ1) is 20.9. The number of aromatic amines is 2. The Labute approximate surface area is 172 Å². The van der Waals surface area contributed by atoms with Crippen molar-refractivity contribution in [3.8, 4) is 11.4 Å². The van der Waals surface area contributed by atoms with Crippen LogP contribution in [0.4, 0.5) is 5.69 Å². The van der Waals surface area contributed by atoms with Crippen molar-refractivity contribution in [2.45, 2.75) is 26.4 Å². The van der Waals surface area contributed by atoms with Crippen LogP contribution in [0.25, 0.3) is 11.4 Å². The second-order valence-corrected chi connectivity index (χ2v) is 7.11. The molecule has 0 fully saturated rings. The van der Waals surface area contributed by atoms with E-state index in [9.17, 15) is 14.7 Å². The maximum absolute atomic E-state index is 12.5. The van der Waals surface area contributed by atoms with E-state index in [2.05, 4.69) is 20.3 Å². The second-order valence-electron chi connectivity index (χ2n) is 6.68. The summed E-state index contributed by atoms with van der Waals surface area (Å²) in [6.07, 6.45) is 7.01. The van der Waals surface area contributed by atoms with Gasteiger partial charge in [0.05, 0.1) is 18.4 Å². The molecule has 2 aromatic rings. The summed E-state index contributed by atoms with van der Waals surface area (Å²) in [4.78, 5) is 34.3. The monoisotopic (exact) mass is 418 g/mol. The Hall–Kier alpha value is -2.84. The van der Waals surface area contributed by atoms with Crippen LogP contribution in [0, 0.1) is 12.8 Å². The van der Waals surface area contributed by atoms with Crippen molar-refractivity contribution < 1.29 is 14.6 Å². The molecule has 3 rings (SSSR count). The summed E-state index contributed by atoms with van der Waals surface area (Å²) in [6.45, 7) is 3.83. The number of esters is 1. The third-order valence-electron chi connectivity index (χ3n) is 4.61. The number of nitrogens with one attached hydrogen (secondary N) is 3. The maximum Gasteiger partial charge on any atom is 0.358 e. The summed E-state index contributed by atoms with van der Waals surface area (Å²) in [5.74, 6) is -0.432. The molecule has 2 aromatic heterocycles. The van der Waals surface area contributed by atoms with Crippen molar-refractivity contribution in [1.29, 1.82) is 0 Å². The molecule has 0 spiro atoms. The van der Waals surface area contributed by atoms with Gasteiger partial charge in [-0.25, -0.2) is 9.78 Å². The molecule has 0 radical (unpaired) electrons. The Morgan fingerprint density at radius 1 is 1.52 bits per heavy atom. The number of ether oxygens (including phenoxy) is 1. The van der Waals surface area contributed by atoms with Gasteiger partial charge in [-0.2, -0.15) is 0 Å². The summed E-state index contributed by atoms with van der Waals surface area (Å²) in [5, 5.41) is 14.2. The molecule has 9 heteroatoms. The summed E-state index contributed by atoms with van der Waals surface area (Å²) in [7, 11) is 0. The number of imidazole rings is 1. The van der Waals surface area contributed by atoms with Crippen molar-refractivity contribution in [3.05, 3.63) is 57.3 Å². The van der Waals surface area contributed by atoms with Crippen molar-refractivity contribution in [3.63, 3.8) is 0 Å². The largest absolute Gasteiger partial charge is 0.461 e. The molecule has 0 amide bonds. The van der Waals surface area contributed by atoms with E-state index in [-0.39, 0.29) is 41.7 Å². The van der Waals surface area contributed by atoms with Gasteiger partial charge < -0.3 is 25.1 Å². The molecular weight excluding hydrogens is 396 g/mol. The first-order valence-electron chi connectivity index (χ1n) is 9.32. The molecule has 8 nitrogen and oxygen atoms in total. The minimum Gasteiger partial charge on any atom is -0.461 e. The minimum absolute atomic E-state index is 0.119. The van der Waals surface area contributed by atoms with E-state index < -0.39 is 12.1 Å². The van der Waals surface area contributed by atoms with Crippen LogP contribution in [0.3, 0.4) is 0 Å². The predicted octanol–water partition coefficient (Wildman–Crippen LogP) is 2.72. The van der Waals surface area contributed by atoms with E-state index in [4.69, 9.17) is 16.3 Å². The van der Waals surface area contributed by atoms with E-state index in [1.54, 1.807) is 26.0 Å². The number of hydrogen-bond acceptors (Lipinski definition) is 6. The quantitative estimate of drug-likeness (QED) is 0.513.